The largest absolute Gasteiger partial charge is 0.271 e. The molecule has 0 amide bonds. The van der Waals surface area contributed by atoms with Gasteiger partial charge >= 0.3 is 0 Å². The third-order valence-corrected chi connectivity index (χ3v) is 3.33. The zero-order chi connectivity index (χ0) is 14.0. The third kappa shape index (κ3) is 2.97. The van der Waals surface area contributed by atoms with Crippen LogP contribution in [0.3, 0.4) is 0 Å². The van der Waals surface area contributed by atoms with Gasteiger partial charge < -0.3 is 0 Å². The van der Waals surface area contributed by atoms with Crippen molar-refractivity contribution in [3.05, 3.63) is 69.4 Å². The number of nitrogens with one attached hydrogen (secondary N) is 1. The summed E-state index contributed by atoms with van der Waals surface area (Å²) in [5.74, 6) is 3.14. The summed E-state index contributed by atoms with van der Waals surface area (Å²) in [6.45, 7) is 0. The summed E-state index contributed by atoms with van der Waals surface area (Å²) in [7, 11) is 0. The molecule has 0 spiro atoms. The lowest BCUT2D eigenvalue weighted by Crippen LogP contribution is -2.29. The maximum atomic E-state index is 13.2. The van der Waals surface area contributed by atoms with Gasteiger partial charge in [-0.3, -0.25) is 5.84 Å². The number of halogens is 4. The highest BCUT2D eigenvalue weighted by atomic mass is 79.9. The molecule has 0 saturated carbocycles. The van der Waals surface area contributed by atoms with Crippen molar-refractivity contribution >= 4 is 15.9 Å². The molecule has 3 N–H and O–H groups in total. The van der Waals surface area contributed by atoms with E-state index in [4.69, 9.17) is 5.84 Å². The molecule has 0 fully saturated rings. The zero-order valence-electron chi connectivity index (χ0n) is 9.63. The predicted octanol–water partition coefficient (Wildman–Crippen LogP) is 3.42. The van der Waals surface area contributed by atoms with Crippen molar-refractivity contribution in [2.45, 2.75) is 6.04 Å². The number of hydrogen-bond donors (Lipinski definition) is 2. The Bertz CT molecular complexity index is 553. The molecule has 0 saturated heterocycles. The Morgan fingerprint density at radius 3 is 2.00 bits per heavy atom. The number of hydrazine groups is 1. The molecule has 0 bridgehead atoms. The molecule has 100 valence electrons. The first kappa shape index (κ1) is 14.0. The van der Waals surface area contributed by atoms with Gasteiger partial charge in [-0.2, -0.15) is 0 Å². The van der Waals surface area contributed by atoms with Gasteiger partial charge in [0.05, 0.1) is 10.5 Å². The van der Waals surface area contributed by atoms with E-state index in [-0.39, 0.29) is 4.47 Å². The molecule has 6 heteroatoms. The number of hydrogen-bond acceptors (Lipinski definition) is 2. The molecule has 0 aliphatic carbocycles. The standard InChI is InChI=1S/C13H10BrF3N2/c14-9-5-7(1-3-10(9)15)13(19-18)8-2-4-11(16)12(17)6-8/h1-6,13,19H,18H2. The first-order valence-corrected chi connectivity index (χ1v) is 6.18. The number of rotatable bonds is 3. The number of nitrogens with two attached hydrogens (primary N) is 1. The molecule has 1 atom stereocenters. The molecule has 0 aliphatic rings. The first-order chi connectivity index (χ1) is 9.02. The summed E-state index contributed by atoms with van der Waals surface area (Å²) < 4.78 is 39.6. The predicted molar refractivity (Wildman–Crippen MR) is 69.6 cm³/mol. The fourth-order valence-corrected chi connectivity index (χ4v) is 2.17. The maximum absolute atomic E-state index is 13.2. The van der Waals surface area contributed by atoms with Crippen LogP contribution >= 0.6 is 15.9 Å². The molecule has 0 heterocycles. The van der Waals surface area contributed by atoms with Gasteiger partial charge in [-0.1, -0.05) is 12.1 Å². The van der Waals surface area contributed by atoms with Crippen LogP contribution in [0.4, 0.5) is 13.2 Å². The second kappa shape index (κ2) is 5.73. The SMILES string of the molecule is NNC(c1ccc(F)c(F)c1)c1ccc(F)c(Br)c1. The summed E-state index contributed by atoms with van der Waals surface area (Å²) in [6.07, 6.45) is 0. The van der Waals surface area contributed by atoms with Crippen LogP contribution in [0.5, 0.6) is 0 Å². The van der Waals surface area contributed by atoms with E-state index in [9.17, 15) is 13.2 Å². The molecular formula is C13H10BrF3N2. The lowest BCUT2D eigenvalue weighted by Gasteiger charge is -2.17. The molecule has 2 aromatic carbocycles. The van der Waals surface area contributed by atoms with Crippen molar-refractivity contribution in [2.24, 2.45) is 5.84 Å². The zero-order valence-corrected chi connectivity index (χ0v) is 11.2. The molecule has 2 aromatic rings. The van der Waals surface area contributed by atoms with Gasteiger partial charge in [0, 0.05) is 0 Å². The molecule has 2 nitrogen and oxygen atoms in total. The van der Waals surface area contributed by atoms with Gasteiger partial charge in [-0.25, -0.2) is 18.6 Å². The molecule has 0 radical (unpaired) electrons. The average molecular weight is 331 g/mol. The van der Waals surface area contributed by atoms with Crippen LogP contribution < -0.4 is 11.3 Å². The Balaban J connectivity index is 2.43. The average Bonchev–Trinajstić information content (AvgIpc) is 2.39. The number of benzene rings is 2. The van der Waals surface area contributed by atoms with Crippen molar-refractivity contribution in [1.82, 2.24) is 5.43 Å². The second-order valence-electron chi connectivity index (χ2n) is 3.95. The van der Waals surface area contributed by atoms with Crippen LogP contribution in [0.2, 0.25) is 0 Å². The van der Waals surface area contributed by atoms with Crippen molar-refractivity contribution in [2.75, 3.05) is 0 Å². The lowest BCUT2D eigenvalue weighted by atomic mass is 9.99. The molecule has 0 aromatic heterocycles. The van der Waals surface area contributed by atoms with Crippen LogP contribution in [-0.2, 0) is 0 Å². The van der Waals surface area contributed by atoms with Gasteiger partial charge in [0.15, 0.2) is 11.6 Å². The summed E-state index contributed by atoms with van der Waals surface area (Å²) in [5.41, 5.74) is 3.57. The minimum Gasteiger partial charge on any atom is -0.271 e. The minimum atomic E-state index is -0.959. The molecule has 2 rings (SSSR count). The maximum Gasteiger partial charge on any atom is 0.159 e. The summed E-state index contributed by atoms with van der Waals surface area (Å²) in [6, 6.07) is 7.24. The molecule has 1 unspecified atom stereocenters. The summed E-state index contributed by atoms with van der Waals surface area (Å²) in [5, 5.41) is 0. The Morgan fingerprint density at radius 1 is 0.895 bits per heavy atom. The lowest BCUT2D eigenvalue weighted by molar-refractivity contribution is 0.504. The highest BCUT2D eigenvalue weighted by molar-refractivity contribution is 9.10. The quantitative estimate of drug-likeness (QED) is 0.668. The normalized spacial score (nSPS) is 12.5. The van der Waals surface area contributed by atoms with Crippen molar-refractivity contribution in [3.8, 4) is 0 Å². The van der Waals surface area contributed by atoms with Crippen LogP contribution in [-0.4, -0.2) is 0 Å². The highest BCUT2D eigenvalue weighted by Gasteiger charge is 2.15. The van der Waals surface area contributed by atoms with E-state index >= 15 is 0 Å². The third-order valence-electron chi connectivity index (χ3n) is 2.72. The van der Waals surface area contributed by atoms with Crippen molar-refractivity contribution < 1.29 is 13.2 Å². The van der Waals surface area contributed by atoms with Crippen LogP contribution in [0.25, 0.3) is 0 Å². The molecular weight excluding hydrogens is 321 g/mol. The smallest absolute Gasteiger partial charge is 0.159 e. The fourth-order valence-electron chi connectivity index (χ4n) is 1.77. The Hall–Kier alpha value is -1.37. The summed E-state index contributed by atoms with van der Waals surface area (Å²) in [4.78, 5) is 0. The van der Waals surface area contributed by atoms with E-state index in [1.807, 2.05) is 0 Å². The second-order valence-corrected chi connectivity index (χ2v) is 4.80. The Kier molecular flexibility index (Phi) is 4.24. The van der Waals surface area contributed by atoms with Crippen LogP contribution in [0, 0.1) is 17.5 Å². The van der Waals surface area contributed by atoms with E-state index in [0.29, 0.717) is 11.1 Å². The fraction of sp³-hybridized carbons (Fsp3) is 0.0769. The van der Waals surface area contributed by atoms with Gasteiger partial charge in [0.2, 0.25) is 0 Å². The minimum absolute atomic E-state index is 0.271. The van der Waals surface area contributed by atoms with Crippen molar-refractivity contribution in [3.63, 3.8) is 0 Å². The van der Waals surface area contributed by atoms with Gasteiger partial charge in [0.25, 0.3) is 0 Å². The monoisotopic (exact) mass is 330 g/mol. The van der Waals surface area contributed by atoms with E-state index in [1.54, 1.807) is 0 Å². The van der Waals surface area contributed by atoms with E-state index in [1.165, 1.54) is 24.3 Å². The molecule has 19 heavy (non-hydrogen) atoms. The van der Waals surface area contributed by atoms with E-state index < -0.39 is 23.5 Å². The van der Waals surface area contributed by atoms with Gasteiger partial charge in [0.1, 0.15) is 5.82 Å². The van der Waals surface area contributed by atoms with Gasteiger partial charge in [-0.05, 0) is 51.3 Å². The van der Waals surface area contributed by atoms with E-state index in [0.717, 1.165) is 12.1 Å². The van der Waals surface area contributed by atoms with E-state index in [2.05, 4.69) is 21.4 Å². The Morgan fingerprint density at radius 2 is 1.47 bits per heavy atom. The first-order valence-electron chi connectivity index (χ1n) is 5.39. The highest BCUT2D eigenvalue weighted by Crippen LogP contribution is 2.26. The summed E-state index contributed by atoms with van der Waals surface area (Å²) >= 11 is 3.06. The van der Waals surface area contributed by atoms with Crippen molar-refractivity contribution in [1.29, 1.82) is 0 Å². The topological polar surface area (TPSA) is 38.0 Å². The van der Waals surface area contributed by atoms with Gasteiger partial charge in [-0.15, -0.1) is 0 Å². The molecule has 0 aliphatic heterocycles. The van der Waals surface area contributed by atoms with Crippen LogP contribution in [0.1, 0.15) is 17.2 Å². The Labute approximate surface area is 116 Å². The van der Waals surface area contributed by atoms with Crippen LogP contribution in [0.15, 0.2) is 40.9 Å².